The molecule has 32 heavy (non-hydrogen) atoms. The smallest absolute Gasteiger partial charge is 0.366 e. The summed E-state index contributed by atoms with van der Waals surface area (Å²) in [5, 5.41) is 4.63. The Bertz CT molecular complexity index is 1190. The van der Waals surface area contributed by atoms with Crippen LogP contribution in [0.15, 0.2) is 81.6 Å². The highest BCUT2D eigenvalue weighted by atomic mass is 32.2. The molecule has 0 fully saturated rings. The zero-order chi connectivity index (χ0) is 23.0. The number of para-hydroxylation sites is 2. The van der Waals surface area contributed by atoms with Crippen molar-refractivity contribution < 1.29 is 26.9 Å². The molecule has 0 radical (unpaired) electrons. The van der Waals surface area contributed by atoms with E-state index in [1.54, 1.807) is 80.1 Å². The molecule has 1 heterocycles. The summed E-state index contributed by atoms with van der Waals surface area (Å²) in [7, 11) is -2.39. The van der Waals surface area contributed by atoms with Crippen LogP contribution < -0.4 is 9.07 Å². The Morgan fingerprint density at radius 3 is 2.03 bits per heavy atom. The molecule has 168 valence electrons. The summed E-state index contributed by atoms with van der Waals surface area (Å²) in [6.07, 6.45) is 0. The van der Waals surface area contributed by atoms with Crippen LogP contribution in [0.2, 0.25) is 0 Å². The van der Waals surface area contributed by atoms with Gasteiger partial charge in [-0.15, -0.1) is 4.40 Å². The lowest BCUT2D eigenvalue weighted by Gasteiger charge is -2.08. The van der Waals surface area contributed by atoms with Gasteiger partial charge in [-0.25, -0.2) is 0 Å². The first kappa shape index (κ1) is 23.5. The Kier molecular flexibility index (Phi) is 8.06. The molecular formula is C21H21N3O6S2. The van der Waals surface area contributed by atoms with Gasteiger partial charge in [-0.1, -0.05) is 40.7 Å². The Morgan fingerprint density at radius 1 is 0.844 bits per heavy atom. The molecule has 3 rings (SSSR count). The number of benzene rings is 2. The summed E-state index contributed by atoms with van der Waals surface area (Å²) in [6, 6.07) is 20.6. The highest BCUT2D eigenvalue weighted by molar-refractivity contribution is 7.93. The van der Waals surface area contributed by atoms with E-state index in [-0.39, 0.29) is 11.5 Å². The summed E-state index contributed by atoms with van der Waals surface area (Å²) < 4.78 is 44.0. The maximum absolute atomic E-state index is 12.3. The first-order chi connectivity index (χ1) is 15.4. The van der Waals surface area contributed by atoms with Gasteiger partial charge in [0.1, 0.15) is 5.75 Å². The summed E-state index contributed by atoms with van der Waals surface area (Å²) in [4.78, 5) is 4.94. The average molecular weight is 476 g/mol. The lowest BCUT2D eigenvalue weighted by molar-refractivity contribution is -0.403. The van der Waals surface area contributed by atoms with Crippen LogP contribution in [0.4, 0.5) is 0 Å². The van der Waals surface area contributed by atoms with Gasteiger partial charge < -0.3 is 13.6 Å². The van der Waals surface area contributed by atoms with Gasteiger partial charge >= 0.3 is 10.3 Å². The van der Waals surface area contributed by atoms with Crippen molar-refractivity contribution in [3.05, 3.63) is 84.2 Å². The van der Waals surface area contributed by atoms with Gasteiger partial charge in [0, 0.05) is 12.1 Å². The van der Waals surface area contributed by atoms with Crippen LogP contribution in [0.5, 0.6) is 11.5 Å². The minimum absolute atomic E-state index is 0.190. The highest BCUT2D eigenvalue weighted by Crippen LogP contribution is 2.17. The maximum atomic E-state index is 12.3. The predicted octanol–water partition coefficient (Wildman–Crippen LogP) is 4.47. The van der Waals surface area contributed by atoms with E-state index in [2.05, 4.69) is 13.8 Å². The van der Waals surface area contributed by atoms with E-state index >= 15 is 0 Å². The Labute approximate surface area is 190 Å². The molecule has 3 aromatic rings. The molecule has 0 bridgehead atoms. The van der Waals surface area contributed by atoms with Crippen LogP contribution in [0.25, 0.3) is 0 Å². The first-order valence-electron chi connectivity index (χ1n) is 9.35. The van der Waals surface area contributed by atoms with E-state index in [1.165, 1.54) is 12.1 Å². The zero-order valence-corrected chi connectivity index (χ0v) is 19.2. The fraction of sp³-hybridized carbons (Fsp3) is 0.143. The molecule has 11 heteroatoms. The number of rotatable bonds is 10. The van der Waals surface area contributed by atoms with Gasteiger partial charge in [0.2, 0.25) is 0 Å². The fourth-order valence-electron chi connectivity index (χ4n) is 2.73. The lowest BCUT2D eigenvalue weighted by Crippen LogP contribution is -2.13. The largest absolute Gasteiger partial charge is 0.428 e. The molecule has 0 spiro atoms. The summed E-state index contributed by atoms with van der Waals surface area (Å²) >= 11 is 0.694. The zero-order valence-electron chi connectivity index (χ0n) is 17.5. The Balaban J connectivity index is 1.61. The van der Waals surface area contributed by atoms with Gasteiger partial charge in [0.05, 0.1) is 22.8 Å². The van der Waals surface area contributed by atoms with Crippen molar-refractivity contribution >= 4 is 34.0 Å². The molecule has 0 saturated carbocycles. The molecule has 0 amide bonds. The van der Waals surface area contributed by atoms with Crippen molar-refractivity contribution in [3.8, 4) is 11.5 Å². The first-order valence-corrected chi connectivity index (χ1v) is 11.4. The van der Waals surface area contributed by atoms with Crippen molar-refractivity contribution in [3.63, 3.8) is 0 Å². The van der Waals surface area contributed by atoms with Crippen LogP contribution in [0.3, 0.4) is 0 Å². The van der Waals surface area contributed by atoms with E-state index < -0.39 is 10.3 Å². The van der Waals surface area contributed by atoms with Gasteiger partial charge in [-0.05, 0) is 50.2 Å². The number of aromatic nitrogens is 1. The van der Waals surface area contributed by atoms with E-state index in [4.69, 9.17) is 13.4 Å². The summed E-state index contributed by atoms with van der Waals surface area (Å²) in [5.41, 5.74) is 2.20. The fourth-order valence-corrected chi connectivity index (χ4v) is 3.84. The maximum Gasteiger partial charge on any atom is 0.428 e. The molecule has 0 unspecified atom stereocenters. The van der Waals surface area contributed by atoms with Crippen LogP contribution in [0, 0.1) is 0 Å². The highest BCUT2D eigenvalue weighted by Gasteiger charge is 2.15. The van der Waals surface area contributed by atoms with Crippen molar-refractivity contribution in [2.24, 2.45) is 15.8 Å². The number of nitrogens with zero attached hydrogens (tertiary/aromatic N) is 3. The molecule has 2 aromatic carbocycles. The van der Waals surface area contributed by atoms with E-state index in [0.717, 1.165) is 5.69 Å². The van der Waals surface area contributed by atoms with Gasteiger partial charge in [-0.3, -0.25) is 0 Å². The summed E-state index contributed by atoms with van der Waals surface area (Å²) in [5.74, 6) is 0.678. The molecule has 0 aliphatic carbocycles. The lowest BCUT2D eigenvalue weighted by atomic mass is 10.3. The second-order valence-electron chi connectivity index (χ2n) is 6.45. The molecule has 0 atom stereocenters. The standard InChI is InChI=1S/C21H21N3O6S2/c1-16(22-31-30-29-27-18-10-6-4-7-11-18)20-14-15-21(24(20)3)17(2)23-32(25,26)28-19-12-8-5-9-13-19/h4-15H,1-3H3/b22-16+,23-17+. The summed E-state index contributed by atoms with van der Waals surface area (Å²) in [6.45, 7) is 3.36. The minimum Gasteiger partial charge on any atom is -0.366 e. The second-order valence-corrected chi connectivity index (χ2v) is 8.12. The van der Waals surface area contributed by atoms with Gasteiger partial charge in [-0.2, -0.15) is 12.8 Å². The molecule has 0 aliphatic rings. The molecular weight excluding hydrogens is 454 g/mol. The SMILES string of the molecule is C/C(=N\SOOOc1ccccc1)c1ccc(/C(C)=N/S(=O)(=O)Oc2ccccc2)n1C. The number of hydrogen-bond acceptors (Lipinski definition) is 8. The molecule has 0 saturated heterocycles. The molecule has 0 N–H and O–H groups in total. The quantitative estimate of drug-likeness (QED) is 0.106. The third kappa shape index (κ3) is 6.69. The monoisotopic (exact) mass is 475 g/mol. The van der Waals surface area contributed by atoms with E-state index in [9.17, 15) is 8.42 Å². The third-order valence-electron chi connectivity index (χ3n) is 4.16. The Hall–Kier alpha value is -3.12. The van der Waals surface area contributed by atoms with Crippen LogP contribution in [0.1, 0.15) is 25.2 Å². The number of hydrogen-bond donors (Lipinski definition) is 0. The van der Waals surface area contributed by atoms with Crippen LogP contribution in [-0.2, 0) is 26.7 Å². The topological polar surface area (TPSA) is 101 Å². The third-order valence-corrected chi connectivity index (χ3v) is 5.53. The van der Waals surface area contributed by atoms with Gasteiger partial charge in [0.15, 0.2) is 18.0 Å². The van der Waals surface area contributed by atoms with E-state index in [0.29, 0.717) is 29.4 Å². The predicted molar refractivity (Wildman–Crippen MR) is 123 cm³/mol. The van der Waals surface area contributed by atoms with Crippen molar-refractivity contribution in [1.29, 1.82) is 0 Å². The van der Waals surface area contributed by atoms with E-state index in [1.807, 2.05) is 6.07 Å². The minimum atomic E-state index is -4.16. The Morgan fingerprint density at radius 2 is 1.41 bits per heavy atom. The molecule has 0 aliphatic heterocycles. The normalized spacial score (nSPS) is 12.6. The van der Waals surface area contributed by atoms with Crippen LogP contribution in [-0.4, -0.2) is 24.4 Å². The molecule has 9 nitrogen and oxygen atoms in total. The van der Waals surface area contributed by atoms with Crippen molar-refractivity contribution in [2.45, 2.75) is 13.8 Å². The average Bonchev–Trinajstić information content (AvgIpc) is 3.15. The molecule has 1 aromatic heterocycles. The second kappa shape index (κ2) is 11.0. The van der Waals surface area contributed by atoms with Crippen molar-refractivity contribution in [1.82, 2.24) is 4.57 Å². The van der Waals surface area contributed by atoms with Crippen molar-refractivity contribution in [2.75, 3.05) is 0 Å². The van der Waals surface area contributed by atoms with Crippen LogP contribution >= 0.6 is 12.2 Å². The van der Waals surface area contributed by atoms with Gasteiger partial charge in [0.25, 0.3) is 0 Å².